The number of aromatic nitrogens is 1. The summed E-state index contributed by atoms with van der Waals surface area (Å²) in [4.78, 5) is 29.7. The van der Waals surface area contributed by atoms with E-state index in [2.05, 4.69) is 36.3 Å². The summed E-state index contributed by atoms with van der Waals surface area (Å²) < 4.78 is 13.1. The number of amides is 1. The molecular weight excluding hydrogens is 486 g/mol. The predicted octanol–water partition coefficient (Wildman–Crippen LogP) is 4.60. The molecule has 2 saturated carbocycles. The number of nitrogens with one attached hydrogen (secondary N) is 1. The van der Waals surface area contributed by atoms with Gasteiger partial charge in [0.05, 0.1) is 12.3 Å². The van der Waals surface area contributed by atoms with Crippen LogP contribution < -0.4 is 10.2 Å². The van der Waals surface area contributed by atoms with Crippen LogP contribution in [0.25, 0.3) is 0 Å². The number of para-hydroxylation sites is 1. The molecule has 4 unspecified atom stereocenters. The smallest absolute Gasteiger partial charge is 0.293 e. The average molecular weight is 522 g/mol. The van der Waals surface area contributed by atoms with E-state index in [-0.39, 0.29) is 35.0 Å². The van der Waals surface area contributed by atoms with E-state index in [4.69, 9.17) is 19.2 Å². The molecule has 2 N–H and O–H groups in total. The fraction of sp³-hybridized carbons (Fsp3) is 0.552. The first-order valence-corrected chi connectivity index (χ1v) is 13.6. The van der Waals surface area contributed by atoms with Gasteiger partial charge in [0.2, 0.25) is 6.29 Å². The Morgan fingerprint density at radius 2 is 2.00 bits per heavy atom. The highest BCUT2D eigenvalue weighted by Gasteiger charge is 2.68. The molecule has 9 heteroatoms. The van der Waals surface area contributed by atoms with Crippen LogP contribution in [0.4, 0.5) is 0 Å². The first kappa shape index (κ1) is 25.3. The van der Waals surface area contributed by atoms with Gasteiger partial charge >= 0.3 is 0 Å². The van der Waals surface area contributed by atoms with Crippen LogP contribution in [0.1, 0.15) is 68.9 Å². The summed E-state index contributed by atoms with van der Waals surface area (Å²) in [7, 11) is 0. The molecule has 1 amide bonds. The van der Waals surface area contributed by atoms with Crippen LogP contribution in [-0.4, -0.2) is 45.8 Å². The number of phenols is 1. The van der Waals surface area contributed by atoms with Gasteiger partial charge in [-0.15, -0.1) is 0 Å². The normalized spacial score (nSPS) is 37.9. The molecule has 1 aromatic carbocycles. The minimum Gasteiger partial charge on any atom is -0.507 e. The summed E-state index contributed by atoms with van der Waals surface area (Å²) in [5.41, 5.74) is 2.23. The first-order chi connectivity index (χ1) is 18.3. The number of ether oxygens (including phenoxy) is 2. The third-order valence-electron chi connectivity index (χ3n) is 9.17. The van der Waals surface area contributed by atoms with E-state index in [1.807, 2.05) is 0 Å². The summed E-state index contributed by atoms with van der Waals surface area (Å²) in [6, 6.07) is 10.2. The zero-order valence-electron chi connectivity index (χ0n) is 22.0. The summed E-state index contributed by atoms with van der Waals surface area (Å²) in [5.74, 6) is 1.03. The number of phenolic OH excluding ortho intramolecular Hbond substituents is 1. The molecule has 4 heterocycles. The number of carbonyl (C=O) groups is 1. The van der Waals surface area contributed by atoms with Crippen LogP contribution in [0.3, 0.4) is 0 Å². The van der Waals surface area contributed by atoms with Crippen molar-refractivity contribution in [1.29, 1.82) is 0 Å². The molecule has 9 nitrogen and oxygen atoms in total. The van der Waals surface area contributed by atoms with E-state index in [0.717, 1.165) is 32.1 Å². The van der Waals surface area contributed by atoms with Gasteiger partial charge in [0.15, 0.2) is 11.4 Å². The molecule has 8 atom stereocenters. The molecule has 38 heavy (non-hydrogen) atoms. The molecule has 202 valence electrons. The number of hydrogen-bond acceptors (Lipinski definition) is 8. The Bertz CT molecular complexity index is 1240. The number of nitrogens with zero attached hydrogens (tertiary/aromatic N) is 2. The summed E-state index contributed by atoms with van der Waals surface area (Å²) in [6.45, 7) is 6.57. The minimum absolute atomic E-state index is 0.0162. The van der Waals surface area contributed by atoms with Crippen LogP contribution in [0.15, 0.2) is 47.7 Å². The second-order valence-corrected chi connectivity index (χ2v) is 11.6. The second kappa shape index (κ2) is 9.63. The highest BCUT2D eigenvalue weighted by molar-refractivity contribution is 5.95. The number of fused-ring (bicyclic) bond motifs is 2. The van der Waals surface area contributed by atoms with Gasteiger partial charge in [0.1, 0.15) is 17.0 Å². The van der Waals surface area contributed by atoms with Crippen LogP contribution in [0.5, 0.6) is 11.5 Å². The molecular formula is C29H35N3O6. The monoisotopic (exact) mass is 521 g/mol. The lowest BCUT2D eigenvalue weighted by Crippen LogP contribution is -2.70. The lowest BCUT2D eigenvalue weighted by atomic mass is 9.56. The Morgan fingerprint density at radius 1 is 1.16 bits per heavy atom. The Balaban J connectivity index is 1.23. The molecule has 7 rings (SSSR count). The van der Waals surface area contributed by atoms with Crippen molar-refractivity contribution in [3.05, 3.63) is 53.9 Å². The minimum atomic E-state index is -0.559. The predicted molar refractivity (Wildman–Crippen MR) is 138 cm³/mol. The van der Waals surface area contributed by atoms with Crippen molar-refractivity contribution in [3.63, 3.8) is 0 Å². The van der Waals surface area contributed by atoms with E-state index >= 15 is 0 Å². The average Bonchev–Trinajstić information content (AvgIpc) is 3.14. The molecule has 2 aromatic rings. The Kier molecular flexibility index (Phi) is 6.40. The highest BCUT2D eigenvalue weighted by atomic mass is 17.2. The lowest BCUT2D eigenvalue weighted by molar-refractivity contribution is -0.493. The quantitative estimate of drug-likeness (QED) is 0.336. The van der Waals surface area contributed by atoms with Crippen molar-refractivity contribution < 1.29 is 29.1 Å². The number of hydrogen-bond donors (Lipinski definition) is 2. The van der Waals surface area contributed by atoms with Gasteiger partial charge in [-0.05, 0) is 68.7 Å². The molecule has 5 aliphatic rings. The van der Waals surface area contributed by atoms with Gasteiger partial charge in [-0.2, -0.15) is 5.10 Å². The summed E-state index contributed by atoms with van der Waals surface area (Å²) >= 11 is 0. The maximum Gasteiger partial charge on any atom is 0.293 e. The molecule has 5 fully saturated rings. The number of carbonyl (C=O) groups excluding carboxylic acids is 1. The van der Waals surface area contributed by atoms with Crippen molar-refractivity contribution in [2.75, 3.05) is 0 Å². The number of rotatable bonds is 5. The van der Waals surface area contributed by atoms with Gasteiger partial charge in [0, 0.05) is 30.0 Å². The molecule has 0 radical (unpaired) electrons. The number of pyridine rings is 1. The maximum absolute atomic E-state index is 13.0. The third kappa shape index (κ3) is 4.17. The Morgan fingerprint density at radius 3 is 2.84 bits per heavy atom. The molecule has 1 spiro atoms. The third-order valence-corrected chi connectivity index (χ3v) is 9.17. The van der Waals surface area contributed by atoms with Crippen molar-refractivity contribution in [2.24, 2.45) is 28.8 Å². The zero-order chi connectivity index (χ0) is 26.5. The van der Waals surface area contributed by atoms with E-state index in [1.165, 1.54) is 12.4 Å². The van der Waals surface area contributed by atoms with Gasteiger partial charge in [-0.1, -0.05) is 26.0 Å². The molecule has 3 aliphatic heterocycles. The molecule has 2 aliphatic carbocycles. The standard InChI is InChI=1S/C29H35N3O6/c1-17-10-11-21-18(2)27(36-24-15-28(3)13-12-20(17)29(21,24)38-37-28)35-23-9-6-14-30-25(23)26(34)32-31-16-19-7-4-5-8-22(19)33/h4-9,14,16-18,20-21,24,27,33H,10-13,15H2,1-3H3,(H,32,34)/b31-16+/t17-,18-,20?,21?,24-,27?,28?,29-/m1/s1. The van der Waals surface area contributed by atoms with Gasteiger partial charge in [0.25, 0.3) is 5.91 Å². The largest absolute Gasteiger partial charge is 0.507 e. The molecule has 2 bridgehead atoms. The Hall–Kier alpha value is -3.01. The van der Waals surface area contributed by atoms with Crippen molar-refractivity contribution in [1.82, 2.24) is 10.4 Å². The number of benzene rings is 1. The van der Waals surface area contributed by atoms with E-state index in [1.54, 1.807) is 36.4 Å². The van der Waals surface area contributed by atoms with Crippen molar-refractivity contribution in [2.45, 2.75) is 76.5 Å². The highest BCUT2D eigenvalue weighted by Crippen LogP contribution is 2.61. The van der Waals surface area contributed by atoms with Crippen LogP contribution in [-0.2, 0) is 14.5 Å². The fourth-order valence-corrected chi connectivity index (χ4v) is 7.15. The lowest BCUT2D eigenvalue weighted by Gasteiger charge is -2.60. The van der Waals surface area contributed by atoms with E-state index in [0.29, 0.717) is 23.1 Å². The van der Waals surface area contributed by atoms with Crippen LogP contribution in [0, 0.1) is 23.7 Å². The van der Waals surface area contributed by atoms with Gasteiger partial charge in [-0.25, -0.2) is 20.2 Å². The van der Waals surface area contributed by atoms with E-state index < -0.39 is 17.8 Å². The van der Waals surface area contributed by atoms with Crippen molar-refractivity contribution >= 4 is 12.1 Å². The van der Waals surface area contributed by atoms with E-state index in [9.17, 15) is 9.90 Å². The maximum atomic E-state index is 13.0. The fourth-order valence-electron chi connectivity index (χ4n) is 7.15. The topological polar surface area (TPSA) is 112 Å². The summed E-state index contributed by atoms with van der Waals surface area (Å²) in [5, 5.41) is 13.9. The molecule has 3 saturated heterocycles. The number of hydrazone groups is 1. The molecule has 1 aromatic heterocycles. The van der Waals surface area contributed by atoms with Crippen LogP contribution >= 0.6 is 0 Å². The second-order valence-electron chi connectivity index (χ2n) is 11.6. The van der Waals surface area contributed by atoms with Crippen molar-refractivity contribution in [3.8, 4) is 11.5 Å². The SMILES string of the molecule is C[C@H]1C(Oc2cccnc2C(=O)N/N=C/c2ccccc2O)O[C@@H]2CC3(C)CCC4[C@H](C)CCC1[C@]42OO3. The van der Waals surface area contributed by atoms with Crippen LogP contribution in [0.2, 0.25) is 0 Å². The Labute approximate surface area is 222 Å². The first-order valence-electron chi connectivity index (χ1n) is 13.6. The van der Waals surface area contributed by atoms with Gasteiger partial charge in [-0.3, -0.25) is 4.79 Å². The zero-order valence-corrected chi connectivity index (χ0v) is 22.0. The number of aromatic hydroxyl groups is 1. The summed E-state index contributed by atoms with van der Waals surface area (Å²) in [6.07, 6.45) is 7.13. The van der Waals surface area contributed by atoms with Gasteiger partial charge < -0.3 is 14.6 Å².